The van der Waals surface area contributed by atoms with Crippen LogP contribution in [0.15, 0.2) is 42.0 Å². The number of benzene rings is 1. The Bertz CT molecular complexity index is 777. The molecule has 24 heavy (non-hydrogen) atoms. The monoisotopic (exact) mass is 323 g/mol. The van der Waals surface area contributed by atoms with Crippen LogP contribution in [-0.2, 0) is 10.2 Å². The van der Waals surface area contributed by atoms with Crippen molar-refractivity contribution in [1.29, 1.82) is 0 Å². The van der Waals surface area contributed by atoms with Gasteiger partial charge in [-0.15, -0.1) is 0 Å². The molecule has 2 fully saturated rings. The number of hydrogen-bond donors (Lipinski definition) is 0. The molecule has 0 aromatic heterocycles. The van der Waals surface area contributed by atoms with E-state index in [0.717, 1.165) is 42.1 Å². The van der Waals surface area contributed by atoms with Gasteiger partial charge >= 0.3 is 0 Å². The fourth-order valence-corrected chi connectivity index (χ4v) is 4.48. The lowest BCUT2D eigenvalue weighted by molar-refractivity contribution is -0.130. The van der Waals surface area contributed by atoms with Crippen LogP contribution in [0.2, 0.25) is 0 Å². The second-order valence-electron chi connectivity index (χ2n) is 7.26. The highest BCUT2D eigenvalue weighted by Crippen LogP contribution is 2.56. The van der Waals surface area contributed by atoms with E-state index in [1.54, 1.807) is 7.11 Å². The van der Waals surface area contributed by atoms with Crippen LogP contribution in [0.25, 0.3) is 0 Å². The third-order valence-electron chi connectivity index (χ3n) is 5.91. The highest BCUT2D eigenvalue weighted by molar-refractivity contribution is 5.99. The van der Waals surface area contributed by atoms with E-state index >= 15 is 0 Å². The third-order valence-corrected chi connectivity index (χ3v) is 5.91. The quantitative estimate of drug-likeness (QED) is 0.858. The van der Waals surface area contributed by atoms with E-state index < -0.39 is 0 Å². The van der Waals surface area contributed by atoms with Crippen molar-refractivity contribution in [2.24, 2.45) is 5.92 Å². The number of methoxy groups -OCH3 is 1. The number of para-hydroxylation sites is 1. The number of carbonyl (C=O) groups is 1. The smallest absolute Gasteiger partial charge is 0.250 e. The molecule has 0 bridgehead atoms. The second kappa shape index (κ2) is 4.88. The van der Waals surface area contributed by atoms with Gasteiger partial charge in [0.25, 0.3) is 5.91 Å². The summed E-state index contributed by atoms with van der Waals surface area (Å²) in [5, 5.41) is 0. The molecular formula is C20H21NO3. The summed E-state index contributed by atoms with van der Waals surface area (Å²) in [6, 6.07) is 6.01. The van der Waals surface area contributed by atoms with Crippen molar-refractivity contribution in [1.82, 2.24) is 4.90 Å². The van der Waals surface area contributed by atoms with Crippen molar-refractivity contribution in [2.75, 3.05) is 20.2 Å². The maximum Gasteiger partial charge on any atom is 0.250 e. The van der Waals surface area contributed by atoms with Crippen molar-refractivity contribution in [3.05, 3.63) is 47.6 Å². The predicted octanol–water partition coefficient (Wildman–Crippen LogP) is 2.83. The van der Waals surface area contributed by atoms with E-state index in [0.29, 0.717) is 5.92 Å². The molecule has 2 atom stereocenters. The van der Waals surface area contributed by atoms with Gasteiger partial charge in [-0.2, -0.15) is 0 Å². The SMILES string of the molecule is COc1cccc2c1OC1C=CC=C3C(=O)N(CC4CC4)CCC321. The molecule has 1 spiro atoms. The summed E-state index contributed by atoms with van der Waals surface area (Å²) in [4.78, 5) is 15.2. The summed E-state index contributed by atoms with van der Waals surface area (Å²) in [7, 11) is 1.66. The molecule has 4 nitrogen and oxygen atoms in total. The van der Waals surface area contributed by atoms with Crippen LogP contribution < -0.4 is 9.47 Å². The van der Waals surface area contributed by atoms with E-state index in [1.165, 1.54) is 12.8 Å². The van der Waals surface area contributed by atoms with Crippen LogP contribution in [0.3, 0.4) is 0 Å². The number of amides is 1. The van der Waals surface area contributed by atoms with Crippen molar-refractivity contribution < 1.29 is 14.3 Å². The summed E-state index contributed by atoms with van der Waals surface area (Å²) in [6.45, 7) is 1.71. The van der Waals surface area contributed by atoms with E-state index in [-0.39, 0.29) is 17.4 Å². The van der Waals surface area contributed by atoms with Crippen molar-refractivity contribution in [3.8, 4) is 11.5 Å². The Hall–Kier alpha value is -2.23. The number of rotatable bonds is 3. The first-order chi connectivity index (χ1) is 11.7. The van der Waals surface area contributed by atoms with Crippen LogP contribution in [-0.4, -0.2) is 37.1 Å². The van der Waals surface area contributed by atoms with Gasteiger partial charge in [-0.25, -0.2) is 0 Å². The molecule has 1 aromatic rings. The molecule has 2 aliphatic carbocycles. The lowest BCUT2D eigenvalue weighted by Gasteiger charge is -2.44. The minimum atomic E-state index is -0.351. The van der Waals surface area contributed by atoms with E-state index in [9.17, 15) is 4.79 Å². The second-order valence-corrected chi connectivity index (χ2v) is 7.26. The summed E-state index contributed by atoms with van der Waals surface area (Å²) in [6.07, 6.45) is 9.36. The molecule has 4 aliphatic rings. The van der Waals surface area contributed by atoms with Gasteiger partial charge < -0.3 is 14.4 Å². The maximum atomic E-state index is 13.2. The summed E-state index contributed by atoms with van der Waals surface area (Å²) in [5.74, 6) is 2.44. The van der Waals surface area contributed by atoms with Gasteiger partial charge in [0.15, 0.2) is 11.5 Å². The van der Waals surface area contributed by atoms with E-state index in [1.807, 2.05) is 29.2 Å². The Labute approximate surface area is 141 Å². The van der Waals surface area contributed by atoms with Crippen molar-refractivity contribution in [3.63, 3.8) is 0 Å². The average Bonchev–Trinajstić information content (AvgIpc) is 3.36. The molecule has 1 saturated carbocycles. The topological polar surface area (TPSA) is 38.8 Å². The molecular weight excluding hydrogens is 302 g/mol. The molecule has 5 rings (SSSR count). The number of hydrogen-bond acceptors (Lipinski definition) is 3. The maximum absolute atomic E-state index is 13.2. The minimum Gasteiger partial charge on any atom is -0.493 e. The van der Waals surface area contributed by atoms with Gasteiger partial charge in [-0.05, 0) is 37.3 Å². The molecule has 0 radical (unpaired) electrons. The van der Waals surface area contributed by atoms with Gasteiger partial charge in [0.1, 0.15) is 6.10 Å². The molecule has 2 aliphatic heterocycles. The standard InChI is InChI=1S/C20H21NO3/c1-23-16-6-2-4-14-18(16)24-17-7-3-5-15-19(22)21(12-13-8-9-13)11-10-20(14,15)17/h2-7,13,17H,8-12H2,1H3. The molecule has 1 aromatic carbocycles. The van der Waals surface area contributed by atoms with Gasteiger partial charge in [0.2, 0.25) is 0 Å². The van der Waals surface area contributed by atoms with Gasteiger partial charge in [0.05, 0.1) is 12.5 Å². The number of fused-ring (bicyclic) bond motifs is 1. The van der Waals surface area contributed by atoms with E-state index in [4.69, 9.17) is 9.47 Å². The highest BCUT2D eigenvalue weighted by Gasteiger charge is 2.57. The van der Waals surface area contributed by atoms with Gasteiger partial charge in [-0.1, -0.05) is 24.3 Å². The predicted molar refractivity (Wildman–Crippen MR) is 90.2 cm³/mol. The van der Waals surface area contributed by atoms with Crippen LogP contribution >= 0.6 is 0 Å². The van der Waals surface area contributed by atoms with Crippen molar-refractivity contribution >= 4 is 5.91 Å². The van der Waals surface area contributed by atoms with Crippen molar-refractivity contribution in [2.45, 2.75) is 30.8 Å². The number of nitrogens with zero attached hydrogens (tertiary/aromatic N) is 1. The largest absolute Gasteiger partial charge is 0.493 e. The Morgan fingerprint density at radius 1 is 1.38 bits per heavy atom. The Morgan fingerprint density at radius 3 is 3.04 bits per heavy atom. The van der Waals surface area contributed by atoms with Gasteiger partial charge in [0, 0.05) is 24.2 Å². The van der Waals surface area contributed by atoms with Crippen LogP contribution in [0.1, 0.15) is 24.8 Å². The molecule has 1 amide bonds. The minimum absolute atomic E-state index is 0.115. The highest BCUT2D eigenvalue weighted by atomic mass is 16.5. The number of piperidine rings is 1. The van der Waals surface area contributed by atoms with Gasteiger partial charge in [-0.3, -0.25) is 4.79 Å². The number of carbonyl (C=O) groups excluding carboxylic acids is 1. The lowest BCUT2D eigenvalue weighted by atomic mass is 9.64. The van der Waals surface area contributed by atoms with E-state index in [2.05, 4.69) is 12.1 Å². The fourth-order valence-electron chi connectivity index (χ4n) is 4.48. The number of ether oxygens (including phenoxy) is 2. The van der Waals surface area contributed by atoms with Crippen LogP contribution in [0.5, 0.6) is 11.5 Å². The molecule has 2 heterocycles. The molecule has 2 unspecified atom stereocenters. The first-order valence-corrected chi connectivity index (χ1v) is 8.76. The zero-order valence-corrected chi connectivity index (χ0v) is 13.8. The Morgan fingerprint density at radius 2 is 2.25 bits per heavy atom. The Balaban J connectivity index is 1.60. The first kappa shape index (κ1) is 14.1. The molecule has 4 heteroatoms. The van der Waals surface area contributed by atoms with Crippen LogP contribution in [0, 0.1) is 5.92 Å². The lowest BCUT2D eigenvalue weighted by Crippen LogP contribution is -2.53. The van der Waals surface area contributed by atoms with Crippen LogP contribution in [0.4, 0.5) is 0 Å². The number of likely N-dealkylation sites (tertiary alicyclic amines) is 1. The fraction of sp³-hybridized carbons (Fsp3) is 0.450. The molecule has 124 valence electrons. The third kappa shape index (κ3) is 1.77. The summed E-state index contributed by atoms with van der Waals surface area (Å²) in [5.41, 5.74) is 1.63. The zero-order chi connectivity index (χ0) is 16.3. The molecule has 1 saturated heterocycles. The Kier molecular flexibility index (Phi) is 2.88. The summed E-state index contributed by atoms with van der Waals surface area (Å²) >= 11 is 0. The first-order valence-electron chi connectivity index (χ1n) is 8.76. The average molecular weight is 323 g/mol. The normalized spacial score (nSPS) is 30.2. The molecule has 0 N–H and O–H groups in total. The zero-order valence-electron chi connectivity index (χ0n) is 13.8. The number of allylic oxidation sites excluding steroid dienone is 2. The summed E-state index contributed by atoms with van der Waals surface area (Å²) < 4.78 is 11.7.